The van der Waals surface area contributed by atoms with Crippen molar-refractivity contribution in [1.29, 1.82) is 0 Å². The van der Waals surface area contributed by atoms with Gasteiger partial charge < -0.3 is 9.72 Å². The van der Waals surface area contributed by atoms with Crippen LogP contribution in [0.1, 0.15) is 5.56 Å². The second-order valence-electron chi connectivity index (χ2n) is 3.20. The van der Waals surface area contributed by atoms with E-state index in [1.54, 1.807) is 19.5 Å². The third-order valence-electron chi connectivity index (χ3n) is 2.08. The van der Waals surface area contributed by atoms with E-state index in [4.69, 9.17) is 4.74 Å². The molecular formula is C12H11N2OY-. The predicted molar refractivity (Wildman–Crippen MR) is 57.6 cm³/mol. The quantitative estimate of drug-likeness (QED) is 0.795. The van der Waals surface area contributed by atoms with Crippen molar-refractivity contribution in [2.75, 3.05) is 7.11 Å². The van der Waals surface area contributed by atoms with Crippen molar-refractivity contribution in [3.05, 3.63) is 42.2 Å². The zero-order valence-electron chi connectivity index (χ0n) is 9.27. The molecule has 0 saturated carbocycles. The second-order valence-corrected chi connectivity index (χ2v) is 3.20. The van der Waals surface area contributed by atoms with E-state index in [1.165, 1.54) is 0 Å². The van der Waals surface area contributed by atoms with Crippen LogP contribution in [0.15, 0.2) is 30.6 Å². The Balaban J connectivity index is 0.00000128. The predicted octanol–water partition coefficient (Wildman–Crippen LogP) is 2.26. The molecule has 0 N–H and O–H groups in total. The van der Waals surface area contributed by atoms with E-state index in [1.807, 2.05) is 25.1 Å². The van der Waals surface area contributed by atoms with Gasteiger partial charge in [0, 0.05) is 38.9 Å². The first-order valence-electron chi connectivity index (χ1n) is 4.64. The molecule has 1 radical (unpaired) electrons. The van der Waals surface area contributed by atoms with Gasteiger partial charge in [0.25, 0.3) is 0 Å². The number of ether oxygens (including phenoxy) is 1. The second kappa shape index (κ2) is 6.07. The van der Waals surface area contributed by atoms with Gasteiger partial charge in [-0.3, -0.25) is 0 Å². The summed E-state index contributed by atoms with van der Waals surface area (Å²) in [6.07, 6.45) is 3.53. The van der Waals surface area contributed by atoms with Crippen LogP contribution in [-0.2, 0) is 32.7 Å². The van der Waals surface area contributed by atoms with E-state index >= 15 is 0 Å². The molecule has 2 aromatic rings. The molecule has 2 aromatic heterocycles. The maximum Gasteiger partial charge on any atom is 0.212 e. The number of nitrogens with zero attached hydrogens (tertiary/aromatic N) is 2. The SMILES string of the molecule is COc1ccc(-c2c[c-]c(C)cn2)cn1.[Y]. The summed E-state index contributed by atoms with van der Waals surface area (Å²) in [5.74, 6) is 0.606. The van der Waals surface area contributed by atoms with Gasteiger partial charge in [0.1, 0.15) is 0 Å². The number of aromatic nitrogens is 2. The van der Waals surface area contributed by atoms with E-state index < -0.39 is 0 Å². The van der Waals surface area contributed by atoms with E-state index in [9.17, 15) is 0 Å². The Hall–Kier alpha value is -0.796. The molecule has 16 heavy (non-hydrogen) atoms. The minimum atomic E-state index is 0. The number of methoxy groups -OCH3 is 1. The van der Waals surface area contributed by atoms with Gasteiger partial charge in [0.05, 0.1) is 7.11 Å². The summed E-state index contributed by atoms with van der Waals surface area (Å²) in [4.78, 5) is 8.41. The molecule has 0 unspecified atom stereocenters. The normalized spacial score (nSPS) is 9.38. The fourth-order valence-corrected chi connectivity index (χ4v) is 1.23. The van der Waals surface area contributed by atoms with Gasteiger partial charge in [-0.25, -0.2) is 4.98 Å². The molecule has 0 bridgehead atoms. The van der Waals surface area contributed by atoms with Crippen LogP contribution in [0.2, 0.25) is 0 Å². The molecule has 2 heterocycles. The molecule has 0 aliphatic carbocycles. The number of hydrogen-bond acceptors (Lipinski definition) is 3. The molecule has 0 fully saturated rings. The first-order valence-corrected chi connectivity index (χ1v) is 4.64. The molecule has 0 saturated heterocycles. The van der Waals surface area contributed by atoms with Crippen LogP contribution in [0.4, 0.5) is 0 Å². The van der Waals surface area contributed by atoms with Crippen LogP contribution in [-0.4, -0.2) is 17.1 Å². The summed E-state index contributed by atoms with van der Waals surface area (Å²) >= 11 is 0. The Morgan fingerprint density at radius 1 is 1.19 bits per heavy atom. The maximum atomic E-state index is 4.98. The number of hydrogen-bond donors (Lipinski definition) is 0. The van der Waals surface area contributed by atoms with Crippen molar-refractivity contribution in [2.45, 2.75) is 6.92 Å². The molecular weight excluding hydrogens is 277 g/mol. The van der Waals surface area contributed by atoms with E-state index in [2.05, 4.69) is 16.0 Å². The largest absolute Gasteiger partial charge is 0.481 e. The van der Waals surface area contributed by atoms with Crippen LogP contribution >= 0.6 is 0 Å². The van der Waals surface area contributed by atoms with Gasteiger partial charge in [-0.15, -0.1) is 5.56 Å². The first kappa shape index (κ1) is 13.3. The summed E-state index contributed by atoms with van der Waals surface area (Å²) in [5.41, 5.74) is 2.86. The molecule has 0 spiro atoms. The van der Waals surface area contributed by atoms with Crippen LogP contribution in [0.25, 0.3) is 11.3 Å². The number of pyridine rings is 2. The van der Waals surface area contributed by atoms with Gasteiger partial charge >= 0.3 is 0 Å². The van der Waals surface area contributed by atoms with E-state index in [0.29, 0.717) is 5.88 Å². The number of rotatable bonds is 2. The average molecular weight is 288 g/mol. The maximum absolute atomic E-state index is 4.98. The molecule has 3 nitrogen and oxygen atoms in total. The van der Waals surface area contributed by atoms with Gasteiger partial charge in [-0.2, -0.15) is 12.1 Å². The third kappa shape index (κ3) is 3.10. The Kier molecular flexibility index (Phi) is 5.03. The van der Waals surface area contributed by atoms with E-state index in [-0.39, 0.29) is 32.7 Å². The summed E-state index contributed by atoms with van der Waals surface area (Å²) in [7, 11) is 1.60. The summed E-state index contributed by atoms with van der Waals surface area (Å²) in [6.45, 7) is 1.96. The molecule has 79 valence electrons. The monoisotopic (exact) mass is 288 g/mol. The van der Waals surface area contributed by atoms with Crippen molar-refractivity contribution in [3.8, 4) is 17.1 Å². The molecule has 0 aromatic carbocycles. The van der Waals surface area contributed by atoms with E-state index in [0.717, 1.165) is 16.8 Å². The Morgan fingerprint density at radius 2 is 2.00 bits per heavy atom. The summed E-state index contributed by atoms with van der Waals surface area (Å²) in [5, 5.41) is 0. The Bertz CT molecular complexity index is 440. The fourth-order valence-electron chi connectivity index (χ4n) is 1.23. The van der Waals surface area contributed by atoms with Crippen molar-refractivity contribution >= 4 is 0 Å². The molecule has 4 heteroatoms. The van der Waals surface area contributed by atoms with Gasteiger partial charge in [-0.1, -0.05) is 19.2 Å². The zero-order chi connectivity index (χ0) is 10.7. The molecule has 0 aliphatic heterocycles. The minimum Gasteiger partial charge on any atom is -0.481 e. The van der Waals surface area contributed by atoms with Crippen LogP contribution in [0.5, 0.6) is 5.88 Å². The smallest absolute Gasteiger partial charge is 0.212 e. The summed E-state index contributed by atoms with van der Waals surface area (Å²) < 4.78 is 4.98. The van der Waals surface area contributed by atoms with Crippen molar-refractivity contribution in [2.24, 2.45) is 0 Å². The topological polar surface area (TPSA) is 35.0 Å². The average Bonchev–Trinajstić information content (AvgIpc) is 2.30. The van der Waals surface area contributed by atoms with Crippen molar-refractivity contribution < 1.29 is 37.4 Å². The molecule has 0 amide bonds. The molecule has 0 aliphatic rings. The van der Waals surface area contributed by atoms with Crippen molar-refractivity contribution in [3.63, 3.8) is 0 Å². The third-order valence-corrected chi connectivity index (χ3v) is 2.08. The first-order chi connectivity index (χ1) is 7.29. The standard InChI is InChI=1S/C12H11N2O.Y/c1-9-3-5-11(13-7-9)10-4-6-12(15-2)14-8-10;/h4-8H,1-2H3;/q-1;. The van der Waals surface area contributed by atoms with Crippen molar-refractivity contribution in [1.82, 2.24) is 9.97 Å². The van der Waals surface area contributed by atoms with Crippen LogP contribution in [0.3, 0.4) is 0 Å². The van der Waals surface area contributed by atoms with Gasteiger partial charge in [-0.05, 0) is 17.3 Å². The Morgan fingerprint density at radius 3 is 2.50 bits per heavy atom. The molecule has 2 rings (SSSR count). The summed E-state index contributed by atoms with van der Waals surface area (Å²) in [6, 6.07) is 8.71. The zero-order valence-corrected chi connectivity index (χ0v) is 12.1. The minimum absolute atomic E-state index is 0. The van der Waals surface area contributed by atoms with Gasteiger partial charge in [0.15, 0.2) is 0 Å². The number of aryl methyl sites for hydroxylation is 1. The fraction of sp³-hybridized carbons (Fsp3) is 0.167. The van der Waals surface area contributed by atoms with Crippen LogP contribution in [0, 0.1) is 13.0 Å². The Labute approximate surface area is 120 Å². The van der Waals surface area contributed by atoms with Gasteiger partial charge in [0.2, 0.25) is 5.88 Å². The van der Waals surface area contributed by atoms with Crippen LogP contribution < -0.4 is 4.74 Å². The molecule has 0 atom stereocenters.